The maximum Gasteiger partial charge on any atom is 0.164 e. The average molecular weight is 743 g/mol. The molecule has 5 nitrogen and oxygen atoms in total. The minimum absolute atomic E-state index is 0.612. The van der Waals surface area contributed by atoms with Crippen LogP contribution in [-0.2, 0) is 0 Å². The molecule has 272 valence electrons. The topological polar surface area (TPSA) is 55.1 Å². The Balaban J connectivity index is 1.05. The van der Waals surface area contributed by atoms with Gasteiger partial charge in [0.1, 0.15) is 11.2 Å². The van der Waals surface area contributed by atoms with E-state index in [2.05, 4.69) is 150 Å². The lowest BCUT2D eigenvalue weighted by atomic mass is 9.98. The number of furan rings is 1. The molecule has 0 radical (unpaired) electrons. The molecular weight excluding hydrogens is 709 g/mol. The lowest BCUT2D eigenvalue weighted by Gasteiger charge is -2.27. The van der Waals surface area contributed by atoms with Crippen LogP contribution >= 0.6 is 0 Å². The largest absolute Gasteiger partial charge is 0.455 e. The third kappa shape index (κ3) is 5.85. The predicted molar refractivity (Wildman–Crippen MR) is 239 cm³/mol. The molecule has 2 aromatic heterocycles. The van der Waals surface area contributed by atoms with Crippen LogP contribution in [0.15, 0.2) is 211 Å². The molecule has 0 saturated carbocycles. The van der Waals surface area contributed by atoms with E-state index in [-0.39, 0.29) is 0 Å². The van der Waals surface area contributed by atoms with Gasteiger partial charge < -0.3 is 9.32 Å². The fourth-order valence-electron chi connectivity index (χ4n) is 8.10. The zero-order valence-corrected chi connectivity index (χ0v) is 31.3. The first-order chi connectivity index (χ1) is 28.7. The van der Waals surface area contributed by atoms with Crippen molar-refractivity contribution in [1.29, 1.82) is 0 Å². The molecule has 0 bridgehead atoms. The lowest BCUT2D eigenvalue weighted by molar-refractivity contribution is 0.672. The number of hydrogen-bond acceptors (Lipinski definition) is 5. The number of rotatable bonds is 7. The second-order valence-electron chi connectivity index (χ2n) is 14.4. The van der Waals surface area contributed by atoms with E-state index in [1.54, 1.807) is 0 Å². The van der Waals surface area contributed by atoms with Crippen LogP contribution in [0, 0.1) is 0 Å². The van der Waals surface area contributed by atoms with Gasteiger partial charge in [-0.2, -0.15) is 0 Å². The third-order valence-corrected chi connectivity index (χ3v) is 10.9. The lowest BCUT2D eigenvalue weighted by Crippen LogP contribution is -2.10. The molecule has 11 aromatic rings. The van der Waals surface area contributed by atoms with Gasteiger partial charge in [0.2, 0.25) is 0 Å². The van der Waals surface area contributed by atoms with Crippen molar-refractivity contribution in [2.75, 3.05) is 4.90 Å². The number of fused-ring (bicyclic) bond motifs is 6. The standard InChI is InChI=1S/C53H34N4O/c1-4-16-37(17-5-1)51-54-52(38-18-6-2-7-19-38)56-53(55-51)47-34-46-45-33-39(29-32-49(45)58-50(46)44-25-13-12-24-43(44)47)35-27-30-41(31-28-35)57(40-21-8-3-9-22-40)48-26-14-20-36-15-10-11-23-42(36)48/h1-34H. The Bertz CT molecular complexity index is 3210. The van der Waals surface area contributed by atoms with E-state index in [4.69, 9.17) is 19.4 Å². The minimum atomic E-state index is 0.612. The maximum absolute atomic E-state index is 6.66. The Labute approximate surface area is 335 Å². The Hall–Kier alpha value is -7.89. The Morgan fingerprint density at radius 3 is 1.60 bits per heavy atom. The van der Waals surface area contributed by atoms with Gasteiger partial charge in [-0.1, -0.05) is 158 Å². The molecule has 0 fully saturated rings. The Morgan fingerprint density at radius 2 is 0.897 bits per heavy atom. The van der Waals surface area contributed by atoms with Gasteiger partial charge in [0.25, 0.3) is 0 Å². The van der Waals surface area contributed by atoms with Crippen LogP contribution in [0.25, 0.3) is 88.8 Å². The van der Waals surface area contributed by atoms with Crippen molar-refractivity contribution in [3.63, 3.8) is 0 Å². The molecule has 0 aliphatic carbocycles. The highest BCUT2D eigenvalue weighted by atomic mass is 16.3. The Kier molecular flexibility index (Phi) is 8.07. The summed E-state index contributed by atoms with van der Waals surface area (Å²) < 4.78 is 6.66. The van der Waals surface area contributed by atoms with E-state index in [0.717, 1.165) is 77.6 Å². The molecule has 0 atom stereocenters. The van der Waals surface area contributed by atoms with Gasteiger partial charge in [0.15, 0.2) is 17.5 Å². The van der Waals surface area contributed by atoms with Crippen LogP contribution in [0.2, 0.25) is 0 Å². The Morgan fingerprint density at radius 1 is 0.345 bits per heavy atom. The van der Waals surface area contributed by atoms with Gasteiger partial charge in [0.05, 0.1) is 5.69 Å². The molecule has 0 unspecified atom stereocenters. The van der Waals surface area contributed by atoms with Crippen LogP contribution < -0.4 is 4.90 Å². The summed E-state index contributed by atoms with van der Waals surface area (Å²) in [6.07, 6.45) is 0. The molecular formula is C53H34N4O. The first-order valence-corrected chi connectivity index (χ1v) is 19.4. The molecule has 0 amide bonds. The number of nitrogens with zero attached hydrogens (tertiary/aromatic N) is 4. The number of hydrogen-bond donors (Lipinski definition) is 0. The first kappa shape index (κ1) is 33.4. The minimum Gasteiger partial charge on any atom is -0.455 e. The van der Waals surface area contributed by atoms with Crippen LogP contribution in [0.5, 0.6) is 0 Å². The van der Waals surface area contributed by atoms with E-state index in [1.807, 2.05) is 60.7 Å². The summed E-state index contributed by atoms with van der Waals surface area (Å²) in [4.78, 5) is 17.5. The summed E-state index contributed by atoms with van der Waals surface area (Å²) in [5.41, 5.74) is 10.00. The number of para-hydroxylation sites is 1. The highest BCUT2D eigenvalue weighted by Crippen LogP contribution is 2.42. The fraction of sp³-hybridized carbons (Fsp3) is 0. The summed E-state index contributed by atoms with van der Waals surface area (Å²) in [7, 11) is 0. The predicted octanol–water partition coefficient (Wildman–Crippen LogP) is 14.2. The molecule has 0 N–H and O–H groups in total. The molecule has 58 heavy (non-hydrogen) atoms. The molecule has 9 aromatic carbocycles. The summed E-state index contributed by atoms with van der Waals surface area (Å²) >= 11 is 0. The summed E-state index contributed by atoms with van der Waals surface area (Å²) in [6.45, 7) is 0. The van der Waals surface area contributed by atoms with Crippen LogP contribution in [0.4, 0.5) is 17.1 Å². The molecule has 0 spiro atoms. The molecule has 11 rings (SSSR count). The molecule has 0 aliphatic rings. The molecule has 5 heteroatoms. The van der Waals surface area contributed by atoms with E-state index >= 15 is 0 Å². The summed E-state index contributed by atoms with van der Waals surface area (Å²) in [5, 5.41) is 6.48. The fourth-order valence-corrected chi connectivity index (χ4v) is 8.10. The highest BCUT2D eigenvalue weighted by molar-refractivity contribution is 6.19. The van der Waals surface area contributed by atoms with Crippen LogP contribution in [0.1, 0.15) is 0 Å². The van der Waals surface area contributed by atoms with Gasteiger partial charge in [-0.15, -0.1) is 0 Å². The van der Waals surface area contributed by atoms with Crippen molar-refractivity contribution in [3.05, 3.63) is 206 Å². The monoisotopic (exact) mass is 742 g/mol. The quantitative estimate of drug-likeness (QED) is 0.163. The van der Waals surface area contributed by atoms with Crippen LogP contribution in [-0.4, -0.2) is 15.0 Å². The van der Waals surface area contributed by atoms with Gasteiger partial charge in [-0.05, 0) is 70.4 Å². The van der Waals surface area contributed by atoms with Crippen molar-refractivity contribution in [2.24, 2.45) is 0 Å². The summed E-state index contributed by atoms with van der Waals surface area (Å²) in [5.74, 6) is 1.87. The third-order valence-electron chi connectivity index (χ3n) is 10.9. The number of anilines is 3. The van der Waals surface area contributed by atoms with Crippen molar-refractivity contribution >= 4 is 60.5 Å². The second-order valence-corrected chi connectivity index (χ2v) is 14.4. The SMILES string of the molecule is c1ccc(-c2nc(-c3ccccc3)nc(-c3cc4c5cc(-c6ccc(N(c7ccccc7)c7cccc8ccccc78)cc6)ccc5oc4c4ccccc34)n2)cc1. The second kappa shape index (κ2) is 14.0. The zero-order chi connectivity index (χ0) is 38.4. The van der Waals surface area contributed by atoms with Crippen molar-refractivity contribution in [3.8, 4) is 45.3 Å². The van der Waals surface area contributed by atoms with Gasteiger partial charge in [0, 0.05) is 49.6 Å². The normalized spacial score (nSPS) is 11.4. The van der Waals surface area contributed by atoms with Gasteiger partial charge >= 0.3 is 0 Å². The maximum atomic E-state index is 6.66. The van der Waals surface area contributed by atoms with E-state index in [1.165, 1.54) is 10.8 Å². The first-order valence-electron chi connectivity index (χ1n) is 19.4. The van der Waals surface area contributed by atoms with Gasteiger partial charge in [-0.25, -0.2) is 15.0 Å². The molecule has 0 aliphatic heterocycles. The molecule has 0 saturated heterocycles. The van der Waals surface area contributed by atoms with Crippen molar-refractivity contribution in [1.82, 2.24) is 15.0 Å². The van der Waals surface area contributed by atoms with Crippen molar-refractivity contribution in [2.45, 2.75) is 0 Å². The highest BCUT2D eigenvalue weighted by Gasteiger charge is 2.20. The summed E-state index contributed by atoms with van der Waals surface area (Å²) in [6, 6.07) is 71.7. The van der Waals surface area contributed by atoms with E-state index in [9.17, 15) is 0 Å². The number of aromatic nitrogens is 3. The molecule has 2 heterocycles. The van der Waals surface area contributed by atoms with Crippen LogP contribution in [0.3, 0.4) is 0 Å². The van der Waals surface area contributed by atoms with Gasteiger partial charge in [-0.3, -0.25) is 0 Å². The van der Waals surface area contributed by atoms with Crippen molar-refractivity contribution < 1.29 is 4.42 Å². The van der Waals surface area contributed by atoms with E-state index in [0.29, 0.717) is 17.5 Å². The smallest absolute Gasteiger partial charge is 0.164 e. The average Bonchev–Trinajstić information content (AvgIpc) is 3.68. The number of benzene rings is 9. The van der Waals surface area contributed by atoms with E-state index < -0.39 is 0 Å². The zero-order valence-electron chi connectivity index (χ0n) is 31.3.